The van der Waals surface area contributed by atoms with E-state index in [-0.39, 0.29) is 0 Å². The standard InChI is InChI=1S/C11H17N3/c1-2-9(3-1)13-10-4-6-14-7-5-12-11(14)8-10/h5,7,9-10,13H,1-4,6,8H2. The Morgan fingerprint density at radius 2 is 2.21 bits per heavy atom. The third-order valence-electron chi connectivity index (χ3n) is 3.53. The molecule has 14 heavy (non-hydrogen) atoms. The molecule has 1 aromatic rings. The van der Waals surface area contributed by atoms with Crippen molar-refractivity contribution < 1.29 is 0 Å². The number of aromatic nitrogens is 2. The van der Waals surface area contributed by atoms with Crippen molar-refractivity contribution in [3.05, 3.63) is 18.2 Å². The first-order valence-electron chi connectivity index (χ1n) is 5.68. The zero-order chi connectivity index (χ0) is 9.38. The lowest BCUT2D eigenvalue weighted by atomic mass is 9.91. The van der Waals surface area contributed by atoms with Gasteiger partial charge in [-0.1, -0.05) is 6.42 Å². The minimum absolute atomic E-state index is 0.676. The highest BCUT2D eigenvalue weighted by Gasteiger charge is 2.24. The Kier molecular flexibility index (Phi) is 2.05. The Bertz CT molecular complexity index is 314. The van der Waals surface area contributed by atoms with E-state index in [1.165, 1.54) is 31.5 Å². The smallest absolute Gasteiger partial charge is 0.110 e. The van der Waals surface area contributed by atoms with Crippen LogP contribution in [-0.4, -0.2) is 21.6 Å². The van der Waals surface area contributed by atoms with Gasteiger partial charge in [-0.15, -0.1) is 0 Å². The van der Waals surface area contributed by atoms with E-state index in [1.54, 1.807) is 0 Å². The first-order chi connectivity index (χ1) is 6.92. The summed E-state index contributed by atoms with van der Waals surface area (Å²) < 4.78 is 2.28. The van der Waals surface area contributed by atoms with Gasteiger partial charge in [0, 0.05) is 37.4 Å². The molecule has 1 unspecified atom stereocenters. The van der Waals surface area contributed by atoms with E-state index in [1.807, 2.05) is 6.20 Å². The van der Waals surface area contributed by atoms with Crippen LogP contribution in [0.1, 0.15) is 31.5 Å². The molecule has 3 nitrogen and oxygen atoms in total. The Morgan fingerprint density at radius 1 is 1.29 bits per heavy atom. The third-order valence-corrected chi connectivity index (χ3v) is 3.53. The monoisotopic (exact) mass is 191 g/mol. The van der Waals surface area contributed by atoms with Gasteiger partial charge in [0.25, 0.3) is 0 Å². The molecule has 0 radical (unpaired) electrons. The first kappa shape index (κ1) is 8.48. The number of rotatable bonds is 2. The molecule has 0 saturated heterocycles. The molecule has 1 aromatic heterocycles. The number of aryl methyl sites for hydroxylation is 1. The normalized spacial score (nSPS) is 27.0. The number of nitrogens with one attached hydrogen (secondary N) is 1. The molecule has 1 atom stereocenters. The van der Waals surface area contributed by atoms with Gasteiger partial charge in [0.05, 0.1) is 0 Å². The minimum Gasteiger partial charge on any atom is -0.335 e. The van der Waals surface area contributed by atoms with E-state index in [0.717, 1.165) is 19.0 Å². The van der Waals surface area contributed by atoms with Crippen LogP contribution >= 0.6 is 0 Å². The molecule has 1 saturated carbocycles. The summed E-state index contributed by atoms with van der Waals surface area (Å²) >= 11 is 0. The van der Waals surface area contributed by atoms with Gasteiger partial charge >= 0.3 is 0 Å². The van der Waals surface area contributed by atoms with Gasteiger partial charge in [-0.25, -0.2) is 4.98 Å². The van der Waals surface area contributed by atoms with Crippen molar-refractivity contribution in [2.75, 3.05) is 0 Å². The molecule has 1 aliphatic heterocycles. The van der Waals surface area contributed by atoms with Crippen LogP contribution in [0.5, 0.6) is 0 Å². The summed E-state index contributed by atoms with van der Waals surface area (Å²) in [5.74, 6) is 1.26. The summed E-state index contributed by atoms with van der Waals surface area (Å²) in [7, 11) is 0. The second-order valence-electron chi connectivity index (χ2n) is 4.52. The maximum absolute atomic E-state index is 4.38. The Hall–Kier alpha value is -0.830. The molecular weight excluding hydrogens is 174 g/mol. The van der Waals surface area contributed by atoms with E-state index in [9.17, 15) is 0 Å². The van der Waals surface area contributed by atoms with Crippen LogP contribution in [-0.2, 0) is 13.0 Å². The molecule has 0 amide bonds. The predicted molar refractivity (Wildman–Crippen MR) is 55.1 cm³/mol. The highest BCUT2D eigenvalue weighted by atomic mass is 15.1. The number of hydrogen-bond acceptors (Lipinski definition) is 2. The van der Waals surface area contributed by atoms with E-state index in [2.05, 4.69) is 21.1 Å². The van der Waals surface area contributed by atoms with Gasteiger partial charge in [0.1, 0.15) is 5.82 Å². The highest BCUT2D eigenvalue weighted by molar-refractivity contribution is 5.00. The SMILES string of the molecule is c1cn2c(n1)CC(NC1CCC1)CC2. The molecule has 0 spiro atoms. The molecule has 1 aliphatic carbocycles. The second-order valence-corrected chi connectivity index (χ2v) is 4.52. The van der Waals surface area contributed by atoms with Crippen LogP contribution in [0.2, 0.25) is 0 Å². The van der Waals surface area contributed by atoms with Crippen LogP contribution < -0.4 is 5.32 Å². The van der Waals surface area contributed by atoms with E-state index < -0.39 is 0 Å². The lowest BCUT2D eigenvalue weighted by molar-refractivity contribution is 0.275. The molecule has 76 valence electrons. The van der Waals surface area contributed by atoms with Crippen LogP contribution in [0.15, 0.2) is 12.4 Å². The zero-order valence-corrected chi connectivity index (χ0v) is 8.45. The summed E-state index contributed by atoms with van der Waals surface area (Å²) in [5.41, 5.74) is 0. The van der Waals surface area contributed by atoms with Crippen LogP contribution in [0.4, 0.5) is 0 Å². The maximum Gasteiger partial charge on any atom is 0.110 e. The zero-order valence-electron chi connectivity index (χ0n) is 8.45. The Labute approximate surface area is 84.5 Å². The summed E-state index contributed by atoms with van der Waals surface area (Å²) in [6.07, 6.45) is 10.6. The lowest BCUT2D eigenvalue weighted by Gasteiger charge is -2.33. The molecule has 2 heterocycles. The quantitative estimate of drug-likeness (QED) is 0.764. The second kappa shape index (κ2) is 3.39. The van der Waals surface area contributed by atoms with E-state index in [4.69, 9.17) is 0 Å². The largest absolute Gasteiger partial charge is 0.335 e. The van der Waals surface area contributed by atoms with Crippen LogP contribution in [0.3, 0.4) is 0 Å². The van der Waals surface area contributed by atoms with Gasteiger partial charge in [-0.05, 0) is 19.3 Å². The number of nitrogens with zero attached hydrogens (tertiary/aromatic N) is 2. The third kappa shape index (κ3) is 1.46. The summed E-state index contributed by atoms with van der Waals surface area (Å²) in [4.78, 5) is 4.38. The van der Waals surface area contributed by atoms with E-state index in [0.29, 0.717) is 6.04 Å². The van der Waals surface area contributed by atoms with Crippen molar-refractivity contribution in [3.8, 4) is 0 Å². The lowest BCUT2D eigenvalue weighted by Crippen LogP contribution is -2.45. The molecule has 0 aromatic carbocycles. The molecule has 3 heteroatoms. The van der Waals surface area contributed by atoms with Crippen molar-refractivity contribution in [3.63, 3.8) is 0 Å². The fourth-order valence-electron chi connectivity index (χ4n) is 2.40. The maximum atomic E-state index is 4.38. The summed E-state index contributed by atoms with van der Waals surface area (Å²) in [6, 6.07) is 1.48. The van der Waals surface area contributed by atoms with Gasteiger partial charge < -0.3 is 9.88 Å². The molecule has 1 fully saturated rings. The Morgan fingerprint density at radius 3 is 3.00 bits per heavy atom. The number of hydrogen-bond donors (Lipinski definition) is 1. The van der Waals surface area contributed by atoms with Crippen molar-refractivity contribution in [2.45, 2.75) is 50.7 Å². The van der Waals surface area contributed by atoms with Gasteiger partial charge in [0.2, 0.25) is 0 Å². The van der Waals surface area contributed by atoms with Crippen molar-refractivity contribution >= 4 is 0 Å². The van der Waals surface area contributed by atoms with Gasteiger partial charge in [0.15, 0.2) is 0 Å². The minimum atomic E-state index is 0.676. The molecule has 3 rings (SSSR count). The van der Waals surface area contributed by atoms with Gasteiger partial charge in [-0.2, -0.15) is 0 Å². The average molecular weight is 191 g/mol. The molecule has 2 aliphatic rings. The highest BCUT2D eigenvalue weighted by Crippen LogP contribution is 2.21. The molecule has 1 N–H and O–H groups in total. The van der Waals surface area contributed by atoms with Gasteiger partial charge in [-0.3, -0.25) is 0 Å². The molecular formula is C11H17N3. The topological polar surface area (TPSA) is 29.9 Å². The fourth-order valence-corrected chi connectivity index (χ4v) is 2.40. The summed E-state index contributed by atoms with van der Waals surface area (Å²) in [5, 5.41) is 3.73. The first-order valence-corrected chi connectivity index (χ1v) is 5.68. The number of imidazole rings is 1. The molecule has 0 bridgehead atoms. The predicted octanol–water partition coefficient (Wildman–Crippen LogP) is 1.34. The summed E-state index contributed by atoms with van der Waals surface area (Å²) in [6.45, 7) is 1.14. The van der Waals surface area contributed by atoms with Crippen LogP contribution in [0, 0.1) is 0 Å². The average Bonchev–Trinajstić information content (AvgIpc) is 2.58. The van der Waals surface area contributed by atoms with E-state index >= 15 is 0 Å². The fraction of sp³-hybridized carbons (Fsp3) is 0.727. The van der Waals surface area contributed by atoms with Crippen molar-refractivity contribution in [1.82, 2.24) is 14.9 Å². The Balaban J connectivity index is 1.63. The van der Waals surface area contributed by atoms with Crippen LogP contribution in [0.25, 0.3) is 0 Å². The van der Waals surface area contributed by atoms with Crippen molar-refractivity contribution in [2.24, 2.45) is 0 Å². The van der Waals surface area contributed by atoms with Crippen molar-refractivity contribution in [1.29, 1.82) is 0 Å². The number of fused-ring (bicyclic) bond motifs is 1.